The number of fused-ring (bicyclic) bond motifs is 1. The third-order valence-corrected chi connectivity index (χ3v) is 4.12. The fourth-order valence-electron chi connectivity index (χ4n) is 2.50. The molecule has 0 aromatic carbocycles. The third-order valence-electron chi connectivity index (χ3n) is 3.72. The first-order valence-corrected chi connectivity index (χ1v) is 6.98. The molecule has 0 aliphatic carbocycles. The van der Waals surface area contributed by atoms with Crippen molar-refractivity contribution in [2.24, 2.45) is 0 Å². The van der Waals surface area contributed by atoms with Crippen molar-refractivity contribution in [3.05, 3.63) is 12.7 Å². The number of imidazole rings is 1. The van der Waals surface area contributed by atoms with Crippen molar-refractivity contribution in [3.63, 3.8) is 0 Å². The minimum atomic E-state index is -1.50. The van der Waals surface area contributed by atoms with Gasteiger partial charge in [0.25, 0.3) is 0 Å². The van der Waals surface area contributed by atoms with Gasteiger partial charge in [0.15, 0.2) is 22.2 Å². The molecule has 11 heteroatoms. The number of hydrogen-bond donors (Lipinski definition) is 4. The van der Waals surface area contributed by atoms with Crippen molar-refractivity contribution in [3.8, 4) is 0 Å². The summed E-state index contributed by atoms with van der Waals surface area (Å²) in [6.45, 7) is 1.48. The number of rotatable bonds is 2. The van der Waals surface area contributed by atoms with E-state index in [9.17, 15) is 19.5 Å². The van der Waals surface area contributed by atoms with Crippen molar-refractivity contribution in [1.29, 1.82) is 0 Å². The monoisotopic (exact) mass is 327 g/mol. The first-order valence-electron chi connectivity index (χ1n) is 6.23. The summed E-state index contributed by atoms with van der Waals surface area (Å²) in [6.07, 6.45) is -1.69. The SMILES string of the molecule is C[C@@]1(n2cnc3c(N)ncnc32)O[C@H](C(O)=S=O)[C@@H](O)[C@H]1O. The van der Waals surface area contributed by atoms with E-state index in [2.05, 4.69) is 15.0 Å². The first kappa shape index (κ1) is 15.0. The molecule has 1 fully saturated rings. The molecule has 118 valence electrons. The summed E-state index contributed by atoms with van der Waals surface area (Å²) in [6, 6.07) is 0. The van der Waals surface area contributed by atoms with Crippen LogP contribution in [-0.4, -0.2) is 62.4 Å². The van der Waals surface area contributed by atoms with Crippen LogP contribution >= 0.6 is 0 Å². The van der Waals surface area contributed by atoms with E-state index in [1.807, 2.05) is 0 Å². The second kappa shape index (κ2) is 5.07. The molecule has 0 spiro atoms. The average molecular weight is 327 g/mol. The van der Waals surface area contributed by atoms with E-state index in [0.29, 0.717) is 5.52 Å². The maximum Gasteiger partial charge on any atom is 0.175 e. The Morgan fingerprint density at radius 3 is 2.86 bits per heavy atom. The van der Waals surface area contributed by atoms with E-state index in [0.717, 1.165) is 0 Å². The second-order valence-electron chi connectivity index (χ2n) is 5.00. The molecule has 2 aromatic heterocycles. The smallest absolute Gasteiger partial charge is 0.175 e. The zero-order chi connectivity index (χ0) is 16.1. The highest BCUT2D eigenvalue weighted by Crippen LogP contribution is 2.37. The topological polar surface area (TPSA) is 157 Å². The van der Waals surface area contributed by atoms with Crippen LogP contribution in [0.2, 0.25) is 0 Å². The van der Waals surface area contributed by atoms with Gasteiger partial charge in [0.1, 0.15) is 41.4 Å². The highest BCUT2D eigenvalue weighted by Gasteiger charge is 2.54. The number of nitrogens with two attached hydrogens (primary N) is 1. The molecule has 0 unspecified atom stereocenters. The summed E-state index contributed by atoms with van der Waals surface area (Å²) in [5, 5.41) is 29.2. The Balaban J connectivity index is 2.13. The Bertz CT molecular complexity index is 790. The van der Waals surface area contributed by atoms with Crippen molar-refractivity contribution < 1.29 is 24.3 Å². The number of aliphatic hydroxyl groups excluding tert-OH is 3. The molecule has 1 saturated heterocycles. The van der Waals surface area contributed by atoms with E-state index >= 15 is 0 Å². The van der Waals surface area contributed by atoms with E-state index in [4.69, 9.17) is 10.5 Å². The predicted molar refractivity (Wildman–Crippen MR) is 76.0 cm³/mol. The number of nitrogen functional groups attached to an aromatic ring is 1. The molecule has 1 aliphatic heterocycles. The summed E-state index contributed by atoms with van der Waals surface area (Å²) in [5.41, 5.74) is 4.80. The van der Waals surface area contributed by atoms with Crippen LogP contribution in [0.1, 0.15) is 6.92 Å². The molecule has 0 bridgehead atoms. The van der Waals surface area contributed by atoms with Gasteiger partial charge in [-0.2, -0.15) is 0 Å². The number of anilines is 1. The maximum absolute atomic E-state index is 10.7. The van der Waals surface area contributed by atoms with Crippen molar-refractivity contribution in [2.45, 2.75) is 31.0 Å². The van der Waals surface area contributed by atoms with Gasteiger partial charge < -0.3 is 25.8 Å². The molecular weight excluding hydrogens is 314 g/mol. The van der Waals surface area contributed by atoms with Crippen LogP contribution in [0.4, 0.5) is 5.82 Å². The van der Waals surface area contributed by atoms with Gasteiger partial charge in [0, 0.05) is 0 Å². The number of nitrogens with zero attached hydrogens (tertiary/aromatic N) is 4. The minimum absolute atomic E-state index is 0.154. The van der Waals surface area contributed by atoms with Crippen molar-refractivity contribution in [1.82, 2.24) is 19.5 Å². The minimum Gasteiger partial charge on any atom is -0.387 e. The van der Waals surface area contributed by atoms with Gasteiger partial charge in [-0.05, 0) is 6.92 Å². The molecule has 10 nitrogen and oxygen atoms in total. The van der Waals surface area contributed by atoms with Gasteiger partial charge >= 0.3 is 0 Å². The standard InChI is InChI=1S/C11H13N5O5S/c1-11(7(18)5(17)6(21-11)10(19)22-20)16-3-15-4-8(12)13-2-14-9(4)16/h2-3,5-7,17-19H,1H3,(H2,12,13,14)/t5-,6+,7-,11-/m1/s1. The molecule has 3 heterocycles. The Morgan fingerprint density at radius 1 is 1.45 bits per heavy atom. The first-order chi connectivity index (χ1) is 10.4. The van der Waals surface area contributed by atoms with Crippen LogP contribution < -0.4 is 5.73 Å². The average Bonchev–Trinajstić information content (AvgIpc) is 3.04. The van der Waals surface area contributed by atoms with Crippen LogP contribution in [-0.2, 0) is 21.7 Å². The zero-order valence-electron chi connectivity index (χ0n) is 11.3. The number of aliphatic hydroxyl groups is 3. The van der Waals surface area contributed by atoms with Gasteiger partial charge in [-0.15, -0.1) is 0 Å². The molecule has 3 rings (SSSR count). The lowest BCUT2D eigenvalue weighted by molar-refractivity contribution is -0.116. The highest BCUT2D eigenvalue weighted by molar-refractivity contribution is 7.66. The van der Waals surface area contributed by atoms with E-state index in [1.54, 1.807) is 0 Å². The molecule has 1 aliphatic rings. The van der Waals surface area contributed by atoms with Crippen molar-refractivity contribution in [2.75, 3.05) is 5.73 Å². The second-order valence-corrected chi connectivity index (χ2v) is 5.58. The fourth-order valence-corrected chi connectivity index (χ4v) is 2.78. The Labute approximate surface area is 127 Å². The van der Waals surface area contributed by atoms with Crippen LogP contribution in [0.3, 0.4) is 0 Å². The molecule has 0 radical (unpaired) electrons. The molecular formula is C11H13N5O5S. The molecule has 22 heavy (non-hydrogen) atoms. The number of hydrogen-bond acceptors (Lipinski definition) is 8. The Morgan fingerprint density at radius 2 is 2.18 bits per heavy atom. The summed E-state index contributed by atoms with van der Waals surface area (Å²) >= 11 is -0.213. The van der Waals surface area contributed by atoms with Crippen LogP contribution in [0.5, 0.6) is 0 Å². The van der Waals surface area contributed by atoms with Gasteiger partial charge in [-0.3, -0.25) is 4.57 Å². The van der Waals surface area contributed by atoms with Crippen LogP contribution in [0.25, 0.3) is 11.2 Å². The molecule has 0 amide bonds. The molecule has 4 atom stereocenters. The molecule has 2 aromatic rings. The number of ether oxygens (including phenoxy) is 1. The van der Waals surface area contributed by atoms with Gasteiger partial charge in [-0.25, -0.2) is 19.2 Å². The predicted octanol–water partition coefficient (Wildman–Crippen LogP) is -1.90. The van der Waals surface area contributed by atoms with Gasteiger partial charge in [0.2, 0.25) is 0 Å². The summed E-state index contributed by atoms with van der Waals surface area (Å²) < 4.78 is 17.6. The Hall–Kier alpha value is -1.92. The Kier molecular flexibility index (Phi) is 3.45. The maximum atomic E-state index is 10.7. The quantitative estimate of drug-likeness (QED) is 0.463. The summed E-state index contributed by atoms with van der Waals surface area (Å²) in [7, 11) is 0. The van der Waals surface area contributed by atoms with Gasteiger partial charge in [0.05, 0.1) is 6.33 Å². The van der Waals surface area contributed by atoms with E-state index in [-0.39, 0.29) is 22.7 Å². The summed E-state index contributed by atoms with van der Waals surface area (Å²) in [5.74, 6) is 0.154. The van der Waals surface area contributed by atoms with Crippen molar-refractivity contribution >= 4 is 33.3 Å². The normalized spacial score (nSPS) is 31.5. The zero-order valence-corrected chi connectivity index (χ0v) is 12.1. The third kappa shape index (κ3) is 1.94. The lowest BCUT2D eigenvalue weighted by Crippen LogP contribution is -2.43. The van der Waals surface area contributed by atoms with E-state index < -0.39 is 29.1 Å². The summed E-state index contributed by atoms with van der Waals surface area (Å²) in [4.78, 5) is 11.9. The van der Waals surface area contributed by atoms with Crippen LogP contribution in [0, 0.1) is 0 Å². The lowest BCUT2D eigenvalue weighted by atomic mass is 10.0. The van der Waals surface area contributed by atoms with Crippen LogP contribution in [0.15, 0.2) is 12.7 Å². The molecule has 5 N–H and O–H groups in total. The molecule has 0 saturated carbocycles. The largest absolute Gasteiger partial charge is 0.387 e. The number of aromatic nitrogens is 4. The van der Waals surface area contributed by atoms with E-state index in [1.165, 1.54) is 24.1 Å². The fraction of sp³-hybridized carbons (Fsp3) is 0.455. The lowest BCUT2D eigenvalue weighted by Gasteiger charge is -2.29. The highest BCUT2D eigenvalue weighted by atomic mass is 32.1. The van der Waals surface area contributed by atoms with Gasteiger partial charge in [-0.1, -0.05) is 0 Å².